The van der Waals surface area contributed by atoms with Gasteiger partial charge in [-0.05, 0) is 47.6 Å². The van der Waals surface area contributed by atoms with Gasteiger partial charge in [-0.3, -0.25) is 0 Å². The Labute approximate surface area is 172 Å². The predicted molar refractivity (Wildman–Crippen MR) is 113 cm³/mol. The van der Waals surface area contributed by atoms with Gasteiger partial charge < -0.3 is 4.74 Å². The number of aromatic nitrogens is 3. The van der Waals surface area contributed by atoms with Gasteiger partial charge in [-0.15, -0.1) is 0 Å². The smallest absolute Gasteiger partial charge is 0.216 e. The van der Waals surface area contributed by atoms with Gasteiger partial charge in [0.2, 0.25) is 4.77 Å². The Bertz CT molecular complexity index is 1200. The second-order valence-corrected chi connectivity index (χ2v) is 6.62. The number of halogens is 1. The zero-order valence-corrected chi connectivity index (χ0v) is 16.1. The normalized spacial score (nSPS) is 11.1. The van der Waals surface area contributed by atoms with Crippen LogP contribution < -0.4 is 4.74 Å². The van der Waals surface area contributed by atoms with Gasteiger partial charge >= 0.3 is 0 Å². The van der Waals surface area contributed by atoms with E-state index in [0.29, 0.717) is 18.0 Å². The van der Waals surface area contributed by atoms with E-state index >= 15 is 0 Å². The molecule has 0 radical (unpaired) electrons. The summed E-state index contributed by atoms with van der Waals surface area (Å²) in [6, 6.07) is 23.8. The number of nitrogens with one attached hydrogen (secondary N) is 1. The monoisotopic (exact) mass is 404 g/mol. The molecule has 1 N–H and O–H groups in total. The van der Waals surface area contributed by atoms with Crippen molar-refractivity contribution in [3.8, 4) is 17.1 Å². The minimum absolute atomic E-state index is 0.274. The van der Waals surface area contributed by atoms with Crippen LogP contribution in [0.25, 0.3) is 11.4 Å². The minimum Gasteiger partial charge on any atom is -0.489 e. The molecule has 1 aromatic heterocycles. The molecule has 0 spiro atoms. The van der Waals surface area contributed by atoms with Crippen molar-refractivity contribution in [3.05, 3.63) is 101 Å². The number of hydrogen-bond acceptors (Lipinski definition) is 4. The fraction of sp³-hybridized carbons (Fsp3) is 0.0455. The van der Waals surface area contributed by atoms with Crippen LogP contribution in [0.2, 0.25) is 0 Å². The maximum Gasteiger partial charge on any atom is 0.216 e. The summed E-state index contributed by atoms with van der Waals surface area (Å²) in [6.45, 7) is 0.478. The summed E-state index contributed by atoms with van der Waals surface area (Å²) < 4.78 is 21.6. The van der Waals surface area contributed by atoms with E-state index in [1.54, 1.807) is 24.4 Å². The number of ether oxygens (including phenoxy) is 1. The molecule has 0 saturated heterocycles. The van der Waals surface area contributed by atoms with E-state index in [2.05, 4.69) is 15.3 Å². The molecule has 0 amide bonds. The van der Waals surface area contributed by atoms with Crippen molar-refractivity contribution in [2.75, 3.05) is 0 Å². The molecule has 0 unspecified atom stereocenters. The maximum absolute atomic E-state index is 14.1. The van der Waals surface area contributed by atoms with E-state index in [1.165, 1.54) is 10.7 Å². The van der Waals surface area contributed by atoms with E-state index < -0.39 is 5.82 Å². The second kappa shape index (κ2) is 8.62. The molecule has 0 aliphatic rings. The summed E-state index contributed by atoms with van der Waals surface area (Å²) in [5.41, 5.74) is 2.22. The number of benzene rings is 3. The molecule has 29 heavy (non-hydrogen) atoms. The minimum atomic E-state index is -0.394. The molecule has 0 bridgehead atoms. The van der Waals surface area contributed by atoms with Crippen LogP contribution in [0.3, 0.4) is 0 Å². The van der Waals surface area contributed by atoms with Gasteiger partial charge in [0.05, 0.1) is 11.8 Å². The highest BCUT2D eigenvalue weighted by atomic mass is 32.1. The standard InChI is InChI=1S/C22H17FN4OS/c23-20-12-5-4-11-19(20)21-25-26-22(29)27(21)24-14-17-9-6-10-18(13-17)28-15-16-7-2-1-3-8-16/h1-14H,15H2,(H,26,29)/b24-14+. The lowest BCUT2D eigenvalue weighted by atomic mass is 10.2. The Balaban J connectivity index is 1.55. The average Bonchev–Trinajstić information content (AvgIpc) is 3.12. The topological polar surface area (TPSA) is 55.2 Å². The molecule has 3 aromatic carbocycles. The molecule has 0 fully saturated rings. The third-order valence-corrected chi connectivity index (χ3v) is 4.46. The first-order valence-corrected chi connectivity index (χ1v) is 9.35. The zero-order chi connectivity index (χ0) is 20.1. The first kappa shape index (κ1) is 18.8. The summed E-state index contributed by atoms with van der Waals surface area (Å²) in [4.78, 5) is 0. The molecule has 0 aliphatic heterocycles. The molecule has 4 aromatic rings. The van der Waals surface area contributed by atoms with Crippen LogP contribution >= 0.6 is 12.2 Å². The first-order chi connectivity index (χ1) is 14.2. The van der Waals surface area contributed by atoms with E-state index in [-0.39, 0.29) is 4.77 Å². The summed E-state index contributed by atoms with van der Waals surface area (Å²) >= 11 is 5.24. The summed E-state index contributed by atoms with van der Waals surface area (Å²) in [6.07, 6.45) is 1.63. The fourth-order valence-corrected chi connectivity index (χ4v) is 2.94. The lowest BCUT2D eigenvalue weighted by molar-refractivity contribution is 0.306. The molecule has 0 saturated carbocycles. The van der Waals surface area contributed by atoms with Crippen molar-refractivity contribution in [1.29, 1.82) is 0 Å². The largest absolute Gasteiger partial charge is 0.489 e. The van der Waals surface area contributed by atoms with Gasteiger partial charge in [0.25, 0.3) is 0 Å². The highest BCUT2D eigenvalue weighted by Gasteiger charge is 2.12. The Hall–Kier alpha value is -3.58. The van der Waals surface area contributed by atoms with Gasteiger partial charge in [0.1, 0.15) is 18.2 Å². The van der Waals surface area contributed by atoms with Crippen molar-refractivity contribution in [3.63, 3.8) is 0 Å². The third-order valence-electron chi connectivity index (χ3n) is 4.19. The summed E-state index contributed by atoms with van der Waals surface area (Å²) in [5, 5.41) is 11.2. The van der Waals surface area contributed by atoms with E-state index in [1.807, 2.05) is 54.6 Å². The SMILES string of the molecule is Fc1ccccc1-c1n[nH]c(=S)n1/N=C/c1cccc(OCc2ccccc2)c1. The van der Waals surface area contributed by atoms with Crippen LogP contribution in [-0.2, 0) is 6.61 Å². The Morgan fingerprint density at radius 1 is 1.03 bits per heavy atom. The van der Waals surface area contributed by atoms with Gasteiger partial charge in [0, 0.05) is 0 Å². The quantitative estimate of drug-likeness (QED) is 0.355. The number of aromatic amines is 1. The Kier molecular flexibility index (Phi) is 5.58. The molecule has 4 rings (SSSR count). The van der Waals surface area contributed by atoms with Crippen LogP contribution in [0, 0.1) is 10.6 Å². The molecular weight excluding hydrogens is 387 g/mol. The molecule has 1 heterocycles. The van der Waals surface area contributed by atoms with Crippen molar-refractivity contribution >= 4 is 18.4 Å². The zero-order valence-electron chi connectivity index (χ0n) is 15.3. The molecule has 144 valence electrons. The highest BCUT2D eigenvalue weighted by molar-refractivity contribution is 7.71. The molecule has 5 nitrogen and oxygen atoms in total. The Morgan fingerprint density at radius 3 is 2.66 bits per heavy atom. The van der Waals surface area contributed by atoms with Crippen molar-refractivity contribution in [2.24, 2.45) is 5.10 Å². The Morgan fingerprint density at radius 2 is 1.83 bits per heavy atom. The lowest BCUT2D eigenvalue weighted by Gasteiger charge is -2.07. The number of H-pyrrole nitrogens is 1. The van der Waals surface area contributed by atoms with Crippen molar-refractivity contribution in [2.45, 2.75) is 6.61 Å². The maximum atomic E-state index is 14.1. The van der Waals surface area contributed by atoms with Crippen LogP contribution in [0.4, 0.5) is 4.39 Å². The molecule has 0 atom stereocenters. The highest BCUT2D eigenvalue weighted by Crippen LogP contribution is 2.21. The first-order valence-electron chi connectivity index (χ1n) is 8.94. The van der Waals surface area contributed by atoms with E-state index in [0.717, 1.165) is 16.9 Å². The van der Waals surface area contributed by atoms with E-state index in [4.69, 9.17) is 17.0 Å². The van der Waals surface area contributed by atoms with Crippen LogP contribution in [-0.4, -0.2) is 21.1 Å². The van der Waals surface area contributed by atoms with E-state index in [9.17, 15) is 4.39 Å². The van der Waals surface area contributed by atoms with Gasteiger partial charge in [-0.2, -0.15) is 14.9 Å². The van der Waals surface area contributed by atoms with Crippen LogP contribution in [0.1, 0.15) is 11.1 Å². The summed E-state index contributed by atoms with van der Waals surface area (Å²) in [7, 11) is 0. The van der Waals surface area contributed by atoms with Gasteiger partial charge in [-0.1, -0.05) is 54.6 Å². The number of nitrogens with zero attached hydrogens (tertiary/aromatic N) is 3. The average molecular weight is 404 g/mol. The molecule has 7 heteroatoms. The van der Waals surface area contributed by atoms with Crippen molar-refractivity contribution < 1.29 is 9.13 Å². The van der Waals surface area contributed by atoms with Crippen molar-refractivity contribution in [1.82, 2.24) is 14.9 Å². The molecule has 0 aliphatic carbocycles. The van der Waals surface area contributed by atoms with Crippen LogP contribution in [0.5, 0.6) is 5.75 Å². The number of hydrogen-bond donors (Lipinski definition) is 1. The second-order valence-electron chi connectivity index (χ2n) is 6.24. The van der Waals surface area contributed by atoms with Gasteiger partial charge in [0.15, 0.2) is 5.82 Å². The summed E-state index contributed by atoms with van der Waals surface area (Å²) in [5.74, 6) is 0.637. The third kappa shape index (κ3) is 4.47. The predicted octanol–water partition coefficient (Wildman–Crippen LogP) is 5.21. The molecular formula is C22H17FN4OS. The van der Waals surface area contributed by atoms with Gasteiger partial charge in [-0.25, -0.2) is 9.49 Å². The lowest BCUT2D eigenvalue weighted by Crippen LogP contribution is -1.98. The fourth-order valence-electron chi connectivity index (χ4n) is 2.77. The number of rotatable bonds is 6. The van der Waals surface area contributed by atoms with Crippen LogP contribution in [0.15, 0.2) is 84.0 Å².